The van der Waals surface area contributed by atoms with E-state index in [0.29, 0.717) is 0 Å². The zero-order valence-electron chi connectivity index (χ0n) is 6.67. The number of aliphatic hydroxyl groups excluding tert-OH is 1. The van der Waals surface area contributed by atoms with Gasteiger partial charge in [0.2, 0.25) is 0 Å². The molecule has 1 aromatic rings. The van der Waals surface area contributed by atoms with Gasteiger partial charge in [0.05, 0.1) is 12.3 Å². The van der Waals surface area contributed by atoms with E-state index in [0.717, 1.165) is 0 Å². The SMILES string of the molecule is Nc1cc(CO)c(N)c(C(F)F)n1. The second-order valence-corrected chi connectivity index (χ2v) is 2.46. The third kappa shape index (κ3) is 1.83. The molecule has 0 saturated heterocycles. The van der Waals surface area contributed by atoms with Crippen LogP contribution >= 0.6 is 0 Å². The number of alkyl halides is 2. The molecular weight excluding hydrogens is 180 g/mol. The molecule has 0 aliphatic rings. The van der Waals surface area contributed by atoms with Gasteiger partial charge in [-0.25, -0.2) is 13.8 Å². The van der Waals surface area contributed by atoms with Gasteiger partial charge in [-0.1, -0.05) is 0 Å². The van der Waals surface area contributed by atoms with Crippen LogP contribution in [0.15, 0.2) is 6.07 Å². The van der Waals surface area contributed by atoms with Gasteiger partial charge in [-0.3, -0.25) is 0 Å². The Hall–Kier alpha value is -1.43. The molecular formula is C7H9F2N3O. The van der Waals surface area contributed by atoms with Gasteiger partial charge in [-0.15, -0.1) is 0 Å². The number of halogens is 2. The van der Waals surface area contributed by atoms with Crippen molar-refractivity contribution in [3.05, 3.63) is 17.3 Å². The monoisotopic (exact) mass is 189 g/mol. The van der Waals surface area contributed by atoms with Crippen molar-refractivity contribution >= 4 is 11.5 Å². The predicted octanol–water partition coefficient (Wildman–Crippen LogP) is 0.676. The number of hydrogen-bond donors (Lipinski definition) is 3. The van der Waals surface area contributed by atoms with Crippen LogP contribution in [0.25, 0.3) is 0 Å². The van der Waals surface area contributed by atoms with Crippen LogP contribution in [0.2, 0.25) is 0 Å². The van der Waals surface area contributed by atoms with Crippen LogP contribution in [0.1, 0.15) is 17.7 Å². The standard InChI is InChI=1S/C7H9F2N3O/c8-7(9)6-5(11)3(2-13)1-4(10)12-6/h1,7,13H,2,11H2,(H2,10,12). The highest BCUT2D eigenvalue weighted by molar-refractivity contribution is 5.55. The molecule has 0 atom stereocenters. The van der Waals surface area contributed by atoms with Crippen molar-refractivity contribution < 1.29 is 13.9 Å². The van der Waals surface area contributed by atoms with E-state index in [2.05, 4.69) is 4.98 Å². The smallest absolute Gasteiger partial charge is 0.282 e. The first-order valence-corrected chi connectivity index (χ1v) is 3.50. The van der Waals surface area contributed by atoms with E-state index in [1.165, 1.54) is 6.07 Å². The van der Waals surface area contributed by atoms with Crippen LogP contribution in [0, 0.1) is 0 Å². The second kappa shape index (κ2) is 3.53. The maximum atomic E-state index is 12.2. The molecule has 0 spiro atoms. The Kier molecular flexibility index (Phi) is 2.62. The minimum atomic E-state index is -2.78. The van der Waals surface area contributed by atoms with Gasteiger partial charge in [-0.2, -0.15) is 0 Å². The molecule has 0 unspecified atom stereocenters. The summed E-state index contributed by atoms with van der Waals surface area (Å²) < 4.78 is 24.5. The Morgan fingerprint density at radius 3 is 2.54 bits per heavy atom. The molecule has 1 aromatic heterocycles. The number of anilines is 2. The van der Waals surface area contributed by atoms with Gasteiger partial charge in [0.25, 0.3) is 6.43 Å². The lowest BCUT2D eigenvalue weighted by molar-refractivity contribution is 0.147. The summed E-state index contributed by atoms with van der Waals surface area (Å²) >= 11 is 0. The maximum absolute atomic E-state index is 12.2. The Morgan fingerprint density at radius 2 is 2.08 bits per heavy atom. The fraction of sp³-hybridized carbons (Fsp3) is 0.286. The van der Waals surface area contributed by atoms with Gasteiger partial charge in [0.15, 0.2) is 0 Å². The third-order valence-electron chi connectivity index (χ3n) is 1.57. The lowest BCUT2D eigenvalue weighted by atomic mass is 10.2. The average molecular weight is 189 g/mol. The highest BCUT2D eigenvalue weighted by Crippen LogP contribution is 2.27. The summed E-state index contributed by atoms with van der Waals surface area (Å²) in [7, 11) is 0. The molecule has 72 valence electrons. The molecule has 13 heavy (non-hydrogen) atoms. The van der Waals surface area contributed by atoms with E-state index in [9.17, 15) is 8.78 Å². The largest absolute Gasteiger partial charge is 0.397 e. The van der Waals surface area contributed by atoms with Crippen molar-refractivity contribution in [1.82, 2.24) is 4.98 Å². The van der Waals surface area contributed by atoms with E-state index < -0.39 is 18.7 Å². The Morgan fingerprint density at radius 1 is 1.46 bits per heavy atom. The van der Waals surface area contributed by atoms with Crippen molar-refractivity contribution in [2.75, 3.05) is 11.5 Å². The first kappa shape index (κ1) is 9.66. The van der Waals surface area contributed by atoms with Crippen molar-refractivity contribution in [2.24, 2.45) is 0 Å². The summed E-state index contributed by atoms with van der Waals surface area (Å²) in [4.78, 5) is 3.37. The first-order chi connectivity index (χ1) is 6.06. The molecule has 0 fully saturated rings. The second-order valence-electron chi connectivity index (χ2n) is 2.46. The van der Waals surface area contributed by atoms with Crippen molar-refractivity contribution in [3.63, 3.8) is 0 Å². The fourth-order valence-electron chi connectivity index (χ4n) is 0.950. The first-order valence-electron chi connectivity index (χ1n) is 3.50. The zero-order valence-corrected chi connectivity index (χ0v) is 6.67. The number of aromatic nitrogens is 1. The number of nitrogens with zero attached hydrogens (tertiary/aromatic N) is 1. The van der Waals surface area contributed by atoms with E-state index in [4.69, 9.17) is 16.6 Å². The Balaban J connectivity index is 3.27. The van der Waals surface area contributed by atoms with Crippen molar-refractivity contribution in [1.29, 1.82) is 0 Å². The summed E-state index contributed by atoms with van der Waals surface area (Å²) in [5.74, 6) is -0.0754. The van der Waals surface area contributed by atoms with Gasteiger partial charge in [0, 0.05) is 5.56 Å². The van der Waals surface area contributed by atoms with Crippen LogP contribution in [0.3, 0.4) is 0 Å². The topological polar surface area (TPSA) is 85.2 Å². The van der Waals surface area contributed by atoms with Crippen LogP contribution in [-0.2, 0) is 6.61 Å². The summed E-state index contributed by atoms with van der Waals surface area (Å²) in [6.07, 6.45) is -2.78. The lowest BCUT2D eigenvalue weighted by Gasteiger charge is -2.08. The van der Waals surface area contributed by atoms with Crippen molar-refractivity contribution in [3.8, 4) is 0 Å². The predicted molar refractivity (Wildman–Crippen MR) is 43.9 cm³/mol. The van der Waals surface area contributed by atoms with Gasteiger partial charge in [-0.05, 0) is 6.07 Å². The third-order valence-corrected chi connectivity index (χ3v) is 1.57. The molecule has 6 heteroatoms. The molecule has 1 rings (SSSR count). The summed E-state index contributed by atoms with van der Waals surface area (Å²) in [6.45, 7) is -0.432. The number of rotatable bonds is 2. The van der Waals surface area contributed by atoms with Gasteiger partial charge < -0.3 is 16.6 Å². The molecule has 0 aromatic carbocycles. The average Bonchev–Trinajstić information content (AvgIpc) is 2.08. The normalized spacial score (nSPS) is 10.8. The zero-order chi connectivity index (χ0) is 10.0. The molecule has 0 saturated carbocycles. The molecule has 0 aliphatic heterocycles. The summed E-state index contributed by atoms with van der Waals surface area (Å²) in [6, 6.07) is 1.27. The number of pyridine rings is 1. The molecule has 0 amide bonds. The van der Waals surface area contributed by atoms with E-state index in [1.54, 1.807) is 0 Å². The van der Waals surface area contributed by atoms with Crippen LogP contribution in [0.4, 0.5) is 20.3 Å². The number of aliphatic hydroxyl groups is 1. The van der Waals surface area contributed by atoms with Gasteiger partial charge >= 0.3 is 0 Å². The quantitative estimate of drug-likeness (QED) is 0.638. The highest BCUT2D eigenvalue weighted by atomic mass is 19.3. The molecule has 0 bridgehead atoms. The molecule has 1 heterocycles. The summed E-state index contributed by atoms with van der Waals surface area (Å²) in [5.41, 5.74) is 9.92. The molecule has 4 nitrogen and oxygen atoms in total. The molecule has 0 aliphatic carbocycles. The Labute approximate surface area is 73.2 Å². The number of hydrogen-bond acceptors (Lipinski definition) is 4. The maximum Gasteiger partial charge on any atom is 0.282 e. The van der Waals surface area contributed by atoms with E-state index in [-0.39, 0.29) is 17.1 Å². The Bertz CT molecular complexity index is 317. The number of nitrogens with two attached hydrogens (primary N) is 2. The highest BCUT2D eigenvalue weighted by Gasteiger charge is 2.16. The van der Waals surface area contributed by atoms with E-state index in [1.807, 2.05) is 0 Å². The van der Waals surface area contributed by atoms with Gasteiger partial charge in [0.1, 0.15) is 11.5 Å². The summed E-state index contributed by atoms with van der Waals surface area (Å²) in [5, 5.41) is 8.74. The molecule has 5 N–H and O–H groups in total. The van der Waals surface area contributed by atoms with Crippen LogP contribution in [-0.4, -0.2) is 10.1 Å². The van der Waals surface area contributed by atoms with Crippen LogP contribution in [0.5, 0.6) is 0 Å². The minimum Gasteiger partial charge on any atom is -0.397 e. The molecule has 0 radical (unpaired) electrons. The fourth-order valence-corrected chi connectivity index (χ4v) is 0.950. The lowest BCUT2D eigenvalue weighted by Crippen LogP contribution is -2.06. The minimum absolute atomic E-state index is 0.0754. The van der Waals surface area contributed by atoms with Crippen molar-refractivity contribution in [2.45, 2.75) is 13.0 Å². The number of nitrogen functional groups attached to an aromatic ring is 2. The van der Waals surface area contributed by atoms with E-state index >= 15 is 0 Å². The van der Waals surface area contributed by atoms with Crippen LogP contribution < -0.4 is 11.5 Å².